The van der Waals surface area contributed by atoms with Crippen molar-refractivity contribution in [1.29, 1.82) is 0 Å². The van der Waals surface area contributed by atoms with Crippen LogP contribution in [0.4, 0.5) is 5.82 Å². The lowest BCUT2D eigenvalue weighted by Gasteiger charge is -2.28. The molecule has 0 amide bonds. The lowest BCUT2D eigenvalue weighted by atomic mass is 10.0. The summed E-state index contributed by atoms with van der Waals surface area (Å²) < 4.78 is 6.88. The highest BCUT2D eigenvalue weighted by molar-refractivity contribution is 5.40. The smallest absolute Gasteiger partial charge is 0.272 e. The molecule has 1 aliphatic rings. The van der Waals surface area contributed by atoms with Crippen LogP contribution >= 0.6 is 0 Å². The Labute approximate surface area is 169 Å². The number of H-pyrrole nitrogens is 1. The third kappa shape index (κ3) is 4.33. The van der Waals surface area contributed by atoms with Crippen LogP contribution in [0.25, 0.3) is 5.65 Å². The van der Waals surface area contributed by atoms with Crippen LogP contribution in [0, 0.1) is 12.8 Å². The summed E-state index contributed by atoms with van der Waals surface area (Å²) in [5, 5.41) is 6.57. The fraction of sp³-hybridized carbons (Fsp3) is 0.476. The van der Waals surface area contributed by atoms with Gasteiger partial charge in [0.1, 0.15) is 5.82 Å². The molecular formula is C21H28N6O2. The predicted octanol–water partition coefficient (Wildman–Crippen LogP) is 2.05. The number of hydrogen-bond acceptors (Lipinski definition) is 6. The highest BCUT2D eigenvalue weighted by Crippen LogP contribution is 2.21. The molecule has 0 aliphatic carbocycles. The van der Waals surface area contributed by atoms with Crippen molar-refractivity contribution in [3.8, 4) is 0 Å². The first kappa shape index (κ1) is 19.6. The van der Waals surface area contributed by atoms with Gasteiger partial charge in [-0.3, -0.25) is 9.89 Å². The standard InChI is InChI=1S/C21H28N6O2/c1-14(2)21(17-11-20(28)27-19(24-17)10-15(3)25-27)23-13-16-4-5-18(22-12-16)26-6-8-29-9-7-26/h4-5,10-12,14,21,23,25H,6-9,13H2,1-3H3/t21-/m1/s1. The van der Waals surface area contributed by atoms with Crippen molar-refractivity contribution in [1.82, 2.24) is 24.9 Å². The monoisotopic (exact) mass is 396 g/mol. The van der Waals surface area contributed by atoms with Gasteiger partial charge in [-0.2, -0.15) is 0 Å². The van der Waals surface area contributed by atoms with Crippen molar-refractivity contribution in [3.05, 3.63) is 57.8 Å². The molecular weight excluding hydrogens is 368 g/mol. The number of ether oxygens (including phenoxy) is 1. The predicted molar refractivity (Wildman–Crippen MR) is 112 cm³/mol. The van der Waals surface area contributed by atoms with E-state index >= 15 is 0 Å². The van der Waals surface area contributed by atoms with E-state index in [0.717, 1.165) is 49.1 Å². The third-order valence-electron chi connectivity index (χ3n) is 5.25. The molecule has 3 aromatic heterocycles. The summed E-state index contributed by atoms with van der Waals surface area (Å²) in [5.74, 6) is 1.27. The van der Waals surface area contributed by atoms with E-state index in [4.69, 9.17) is 9.72 Å². The lowest BCUT2D eigenvalue weighted by molar-refractivity contribution is 0.122. The normalized spacial score (nSPS) is 15.9. The minimum atomic E-state index is -0.0953. The molecule has 1 saturated heterocycles. The molecule has 1 aliphatic heterocycles. The zero-order chi connectivity index (χ0) is 20.4. The van der Waals surface area contributed by atoms with E-state index in [1.165, 1.54) is 4.52 Å². The Hall–Kier alpha value is -2.71. The molecule has 154 valence electrons. The summed E-state index contributed by atoms with van der Waals surface area (Å²) >= 11 is 0. The average molecular weight is 396 g/mol. The number of fused-ring (bicyclic) bond motifs is 1. The highest BCUT2D eigenvalue weighted by Gasteiger charge is 2.19. The number of morpholine rings is 1. The SMILES string of the molecule is Cc1cc2nc([C@H](NCc3ccc(N4CCOCC4)nc3)C(C)C)cc(=O)n2[nH]1. The molecule has 0 bridgehead atoms. The number of nitrogens with one attached hydrogen (secondary N) is 2. The van der Waals surface area contributed by atoms with E-state index in [-0.39, 0.29) is 17.5 Å². The molecule has 29 heavy (non-hydrogen) atoms. The second-order valence-electron chi connectivity index (χ2n) is 7.88. The molecule has 4 rings (SSSR count). The average Bonchev–Trinajstić information content (AvgIpc) is 3.10. The number of hydrogen-bond donors (Lipinski definition) is 2. The molecule has 3 aromatic rings. The van der Waals surface area contributed by atoms with Gasteiger partial charge in [0.05, 0.1) is 24.9 Å². The van der Waals surface area contributed by atoms with E-state index in [1.54, 1.807) is 6.07 Å². The first-order valence-corrected chi connectivity index (χ1v) is 10.1. The Morgan fingerprint density at radius 1 is 1.24 bits per heavy atom. The van der Waals surface area contributed by atoms with Gasteiger partial charge in [-0.25, -0.2) is 14.5 Å². The van der Waals surface area contributed by atoms with E-state index in [2.05, 4.69) is 46.3 Å². The Morgan fingerprint density at radius 3 is 2.72 bits per heavy atom. The summed E-state index contributed by atoms with van der Waals surface area (Å²) in [6.45, 7) is 10.1. The van der Waals surface area contributed by atoms with Crippen LogP contribution in [0.3, 0.4) is 0 Å². The first-order valence-electron chi connectivity index (χ1n) is 10.1. The highest BCUT2D eigenvalue weighted by atomic mass is 16.5. The van der Waals surface area contributed by atoms with Crippen LogP contribution < -0.4 is 15.8 Å². The molecule has 8 nitrogen and oxygen atoms in total. The van der Waals surface area contributed by atoms with Crippen LogP contribution in [-0.4, -0.2) is 45.9 Å². The van der Waals surface area contributed by atoms with Gasteiger partial charge in [0.2, 0.25) is 0 Å². The summed E-state index contributed by atoms with van der Waals surface area (Å²) in [4.78, 5) is 24.0. The fourth-order valence-corrected chi connectivity index (χ4v) is 3.70. The summed E-state index contributed by atoms with van der Waals surface area (Å²) in [6, 6.07) is 7.63. The molecule has 0 radical (unpaired) electrons. The Kier molecular flexibility index (Phi) is 5.64. The Bertz CT molecular complexity index is 1020. The summed E-state index contributed by atoms with van der Waals surface area (Å²) in [5.41, 5.74) is 3.33. The van der Waals surface area contributed by atoms with E-state index in [1.807, 2.05) is 19.2 Å². The maximum atomic E-state index is 12.4. The number of aryl methyl sites for hydroxylation is 1. The largest absolute Gasteiger partial charge is 0.378 e. The molecule has 0 spiro atoms. The van der Waals surface area contributed by atoms with Crippen LogP contribution in [0.5, 0.6) is 0 Å². The second-order valence-corrected chi connectivity index (χ2v) is 7.88. The van der Waals surface area contributed by atoms with Gasteiger partial charge < -0.3 is 15.0 Å². The lowest BCUT2D eigenvalue weighted by Crippen LogP contribution is -2.36. The van der Waals surface area contributed by atoms with E-state index in [9.17, 15) is 4.79 Å². The molecule has 2 N–H and O–H groups in total. The minimum absolute atomic E-state index is 0.0261. The van der Waals surface area contributed by atoms with Gasteiger partial charge in [-0.15, -0.1) is 0 Å². The Balaban J connectivity index is 1.48. The zero-order valence-corrected chi connectivity index (χ0v) is 17.2. The van der Waals surface area contributed by atoms with Gasteiger partial charge in [0, 0.05) is 43.7 Å². The fourth-order valence-electron chi connectivity index (χ4n) is 3.70. The van der Waals surface area contributed by atoms with Crippen LogP contribution in [0.15, 0.2) is 35.3 Å². The molecule has 1 fully saturated rings. The van der Waals surface area contributed by atoms with Crippen LogP contribution in [0.2, 0.25) is 0 Å². The molecule has 0 aromatic carbocycles. The molecule has 8 heteroatoms. The summed E-state index contributed by atoms with van der Waals surface area (Å²) in [6.07, 6.45) is 1.91. The maximum Gasteiger partial charge on any atom is 0.272 e. The van der Waals surface area contributed by atoms with Crippen molar-refractivity contribution < 1.29 is 4.74 Å². The van der Waals surface area contributed by atoms with Gasteiger partial charge in [-0.05, 0) is 24.5 Å². The van der Waals surface area contributed by atoms with Gasteiger partial charge in [0.15, 0.2) is 5.65 Å². The van der Waals surface area contributed by atoms with Crippen molar-refractivity contribution in [3.63, 3.8) is 0 Å². The number of aromatic amines is 1. The van der Waals surface area contributed by atoms with Crippen molar-refractivity contribution in [2.24, 2.45) is 5.92 Å². The molecule has 0 unspecified atom stereocenters. The van der Waals surface area contributed by atoms with Gasteiger partial charge in [-0.1, -0.05) is 19.9 Å². The molecule has 4 heterocycles. The number of aromatic nitrogens is 4. The first-order chi connectivity index (χ1) is 14.0. The summed E-state index contributed by atoms with van der Waals surface area (Å²) in [7, 11) is 0. The zero-order valence-electron chi connectivity index (χ0n) is 17.2. The molecule has 0 saturated carbocycles. The number of anilines is 1. The van der Waals surface area contributed by atoms with Gasteiger partial charge in [0.25, 0.3) is 5.56 Å². The van der Waals surface area contributed by atoms with Crippen molar-refractivity contribution >= 4 is 11.5 Å². The maximum absolute atomic E-state index is 12.4. The Morgan fingerprint density at radius 2 is 2.03 bits per heavy atom. The van der Waals surface area contributed by atoms with E-state index in [0.29, 0.717) is 12.2 Å². The third-order valence-corrected chi connectivity index (χ3v) is 5.25. The van der Waals surface area contributed by atoms with Crippen molar-refractivity contribution in [2.45, 2.75) is 33.4 Å². The quantitative estimate of drug-likeness (QED) is 0.663. The topological polar surface area (TPSA) is 87.5 Å². The van der Waals surface area contributed by atoms with Crippen LogP contribution in [-0.2, 0) is 11.3 Å². The minimum Gasteiger partial charge on any atom is -0.378 e. The number of nitrogens with zero attached hydrogens (tertiary/aromatic N) is 4. The molecule has 1 atom stereocenters. The van der Waals surface area contributed by atoms with E-state index < -0.39 is 0 Å². The second kappa shape index (κ2) is 8.34. The van der Waals surface area contributed by atoms with Gasteiger partial charge >= 0.3 is 0 Å². The number of pyridine rings is 1. The number of rotatable bonds is 6. The van der Waals surface area contributed by atoms with Crippen molar-refractivity contribution in [2.75, 3.05) is 31.2 Å². The van der Waals surface area contributed by atoms with Crippen LogP contribution in [0.1, 0.15) is 36.8 Å².